The highest BCUT2D eigenvalue weighted by atomic mass is 16.5. The molecule has 1 aromatic heterocycles. The number of nitrogens with zero attached hydrogens (tertiary/aromatic N) is 3. The number of carbonyl (C=O) groups is 1. The van der Waals surface area contributed by atoms with E-state index in [1.807, 2.05) is 43.4 Å². The lowest BCUT2D eigenvalue weighted by Crippen LogP contribution is -2.15. The molecule has 3 aromatic rings. The summed E-state index contributed by atoms with van der Waals surface area (Å²) >= 11 is 0. The Kier molecular flexibility index (Phi) is 5.19. The Morgan fingerprint density at radius 1 is 1.23 bits per heavy atom. The first kappa shape index (κ1) is 19.2. The second-order valence-electron chi connectivity index (χ2n) is 7.06. The Morgan fingerprint density at radius 3 is 2.80 bits per heavy atom. The van der Waals surface area contributed by atoms with Crippen molar-refractivity contribution < 1.29 is 9.53 Å². The normalized spacial score (nSPS) is 15.0. The van der Waals surface area contributed by atoms with Gasteiger partial charge < -0.3 is 10.5 Å². The number of allylic oxidation sites excluding steroid dienone is 4. The van der Waals surface area contributed by atoms with Crippen LogP contribution in [0, 0.1) is 24.2 Å². The maximum atomic E-state index is 12.8. The number of hydrogen-bond acceptors (Lipinski definition) is 5. The topological polar surface area (TPSA) is 93.9 Å². The van der Waals surface area contributed by atoms with Crippen molar-refractivity contribution in [2.45, 2.75) is 13.3 Å². The highest BCUT2D eigenvalue weighted by Crippen LogP contribution is 2.29. The number of ether oxygens (including phenoxy) is 1. The largest absolute Gasteiger partial charge is 0.457 e. The van der Waals surface area contributed by atoms with Crippen molar-refractivity contribution in [3.63, 3.8) is 0 Å². The fourth-order valence-corrected chi connectivity index (χ4v) is 3.41. The number of benzene rings is 2. The molecule has 4 rings (SSSR count). The molecule has 1 heterocycles. The van der Waals surface area contributed by atoms with Gasteiger partial charge in [-0.1, -0.05) is 30.4 Å². The molecule has 0 radical (unpaired) electrons. The van der Waals surface area contributed by atoms with Crippen LogP contribution in [-0.2, 0) is 0 Å². The molecule has 1 atom stereocenters. The minimum Gasteiger partial charge on any atom is -0.457 e. The molecule has 0 saturated heterocycles. The third-order valence-corrected chi connectivity index (χ3v) is 4.98. The molecule has 2 N–H and O–H groups in total. The fraction of sp³-hybridized carbons (Fsp3) is 0.125. The van der Waals surface area contributed by atoms with E-state index in [0.717, 1.165) is 11.3 Å². The smallest absolute Gasteiger partial charge is 0.175 e. The number of anilines is 1. The summed E-state index contributed by atoms with van der Waals surface area (Å²) in [5.74, 6) is 1.29. The van der Waals surface area contributed by atoms with Gasteiger partial charge in [0.25, 0.3) is 0 Å². The van der Waals surface area contributed by atoms with Crippen molar-refractivity contribution >= 4 is 11.6 Å². The van der Waals surface area contributed by atoms with Crippen LogP contribution in [0.5, 0.6) is 11.5 Å². The molecule has 148 valence electrons. The van der Waals surface area contributed by atoms with Gasteiger partial charge in [0.2, 0.25) is 0 Å². The molecule has 0 amide bonds. The summed E-state index contributed by atoms with van der Waals surface area (Å²) < 4.78 is 7.44. The van der Waals surface area contributed by atoms with Crippen LogP contribution in [0.15, 0.2) is 73.0 Å². The highest BCUT2D eigenvalue weighted by molar-refractivity contribution is 6.02. The van der Waals surface area contributed by atoms with Gasteiger partial charge in [-0.2, -0.15) is 10.4 Å². The Morgan fingerprint density at radius 2 is 2.07 bits per heavy atom. The molecule has 0 fully saturated rings. The first-order chi connectivity index (χ1) is 14.6. The first-order valence-electron chi connectivity index (χ1n) is 9.57. The van der Waals surface area contributed by atoms with Gasteiger partial charge in [0.05, 0.1) is 29.1 Å². The van der Waals surface area contributed by atoms with Gasteiger partial charge in [0.1, 0.15) is 17.3 Å². The Labute approximate surface area is 174 Å². The number of hydrogen-bond donors (Lipinski definition) is 1. The maximum absolute atomic E-state index is 12.8. The number of aromatic nitrogens is 2. The predicted octanol–water partition coefficient (Wildman–Crippen LogP) is 4.74. The molecule has 30 heavy (non-hydrogen) atoms. The average Bonchev–Trinajstić information content (AvgIpc) is 3.15. The third-order valence-electron chi connectivity index (χ3n) is 4.98. The van der Waals surface area contributed by atoms with Gasteiger partial charge in [-0.15, -0.1) is 0 Å². The lowest BCUT2D eigenvalue weighted by molar-refractivity contribution is 0.0946. The molecule has 6 nitrogen and oxygen atoms in total. The van der Waals surface area contributed by atoms with Gasteiger partial charge >= 0.3 is 0 Å². The van der Waals surface area contributed by atoms with Crippen molar-refractivity contribution in [3.05, 3.63) is 89.7 Å². The molecule has 6 heteroatoms. The van der Waals surface area contributed by atoms with E-state index in [1.54, 1.807) is 35.0 Å². The number of rotatable bonds is 5. The standard InChI is InChI=1S/C24H20N4O2/c1-16-12-20(30-19-9-5-6-17(13-19)14-25)10-11-22(16)28-24(26)21(15-27-28)23(29)18-7-3-2-4-8-18/h2-7,9-13,15,18H,8,26H2,1H3. The average molecular weight is 396 g/mol. The zero-order valence-electron chi connectivity index (χ0n) is 16.4. The number of carbonyl (C=O) groups excluding carboxylic acids is 1. The van der Waals surface area contributed by atoms with Crippen LogP contribution >= 0.6 is 0 Å². The first-order valence-corrected chi connectivity index (χ1v) is 9.57. The van der Waals surface area contributed by atoms with Crippen LogP contribution in [0.2, 0.25) is 0 Å². The summed E-state index contributed by atoms with van der Waals surface area (Å²) in [5, 5.41) is 13.4. The van der Waals surface area contributed by atoms with E-state index in [-0.39, 0.29) is 11.7 Å². The van der Waals surface area contributed by atoms with Crippen molar-refractivity contribution in [3.8, 4) is 23.3 Å². The summed E-state index contributed by atoms with van der Waals surface area (Å²) in [6, 6.07) is 14.6. The molecular weight excluding hydrogens is 376 g/mol. The number of nitrogens with two attached hydrogens (primary N) is 1. The van der Waals surface area contributed by atoms with E-state index in [4.69, 9.17) is 15.7 Å². The quantitative estimate of drug-likeness (QED) is 0.629. The summed E-state index contributed by atoms with van der Waals surface area (Å²) in [6.07, 6.45) is 9.86. The molecule has 0 bridgehead atoms. The van der Waals surface area contributed by atoms with E-state index in [9.17, 15) is 4.79 Å². The highest BCUT2D eigenvalue weighted by Gasteiger charge is 2.23. The van der Waals surface area contributed by atoms with Gasteiger partial charge in [-0.3, -0.25) is 4.79 Å². The second-order valence-corrected chi connectivity index (χ2v) is 7.06. The summed E-state index contributed by atoms with van der Waals surface area (Å²) in [4.78, 5) is 12.8. The number of Topliss-reactive ketones (excluding diaryl/α,β-unsaturated/α-hetero) is 1. The summed E-state index contributed by atoms with van der Waals surface area (Å²) in [7, 11) is 0. The Balaban J connectivity index is 1.58. The van der Waals surface area contributed by atoms with Crippen molar-refractivity contribution in [2.75, 3.05) is 5.73 Å². The van der Waals surface area contributed by atoms with E-state index in [1.165, 1.54) is 6.20 Å². The summed E-state index contributed by atoms with van der Waals surface area (Å²) in [5.41, 5.74) is 8.89. The lowest BCUT2D eigenvalue weighted by Gasteiger charge is -2.13. The minimum atomic E-state index is -0.212. The van der Waals surface area contributed by atoms with Crippen molar-refractivity contribution in [1.82, 2.24) is 9.78 Å². The zero-order chi connectivity index (χ0) is 21.1. The van der Waals surface area contributed by atoms with Gasteiger partial charge in [0.15, 0.2) is 5.78 Å². The molecule has 0 saturated carbocycles. The SMILES string of the molecule is Cc1cc(Oc2cccc(C#N)c2)ccc1-n1ncc(C(=O)C2C=CC=CC2)c1N. The van der Waals surface area contributed by atoms with Crippen LogP contribution in [0.4, 0.5) is 5.82 Å². The van der Waals surface area contributed by atoms with E-state index in [2.05, 4.69) is 11.2 Å². The van der Waals surface area contributed by atoms with Gasteiger partial charge in [-0.05, 0) is 55.3 Å². The van der Waals surface area contributed by atoms with Crippen molar-refractivity contribution in [2.24, 2.45) is 5.92 Å². The van der Waals surface area contributed by atoms with Crippen LogP contribution < -0.4 is 10.5 Å². The minimum absolute atomic E-state index is 0.0330. The van der Waals surface area contributed by atoms with E-state index >= 15 is 0 Å². The van der Waals surface area contributed by atoms with Crippen LogP contribution in [0.1, 0.15) is 27.9 Å². The van der Waals surface area contributed by atoms with Crippen LogP contribution in [0.25, 0.3) is 5.69 Å². The van der Waals surface area contributed by atoms with E-state index < -0.39 is 0 Å². The Bertz CT molecular complexity index is 1210. The molecule has 0 aliphatic heterocycles. The third kappa shape index (κ3) is 3.74. The molecular formula is C24H20N4O2. The fourth-order valence-electron chi connectivity index (χ4n) is 3.41. The second kappa shape index (κ2) is 8.10. The van der Waals surface area contributed by atoms with Gasteiger partial charge in [0, 0.05) is 5.92 Å². The predicted molar refractivity (Wildman–Crippen MR) is 115 cm³/mol. The summed E-state index contributed by atoms with van der Waals surface area (Å²) in [6.45, 7) is 1.92. The number of ketones is 1. The molecule has 2 aromatic carbocycles. The van der Waals surface area contributed by atoms with E-state index in [0.29, 0.717) is 34.9 Å². The Hall–Kier alpha value is -4.11. The maximum Gasteiger partial charge on any atom is 0.175 e. The van der Waals surface area contributed by atoms with Crippen LogP contribution in [0.3, 0.4) is 0 Å². The van der Waals surface area contributed by atoms with Crippen molar-refractivity contribution in [1.29, 1.82) is 5.26 Å². The zero-order valence-corrected chi connectivity index (χ0v) is 16.4. The molecule has 1 aliphatic carbocycles. The monoisotopic (exact) mass is 396 g/mol. The number of aryl methyl sites for hydroxylation is 1. The number of nitrogen functional groups attached to an aromatic ring is 1. The molecule has 0 spiro atoms. The van der Waals surface area contributed by atoms with Gasteiger partial charge in [-0.25, -0.2) is 4.68 Å². The molecule has 1 unspecified atom stereocenters. The lowest BCUT2D eigenvalue weighted by atomic mass is 9.93. The number of nitriles is 1. The molecule has 1 aliphatic rings. The van der Waals surface area contributed by atoms with Crippen LogP contribution in [-0.4, -0.2) is 15.6 Å².